The van der Waals surface area contributed by atoms with Crippen LogP contribution in [0.1, 0.15) is 25.0 Å². The Labute approximate surface area is 274 Å². The molecule has 0 amide bonds. The highest BCUT2D eigenvalue weighted by atomic mass is 14.9. The van der Waals surface area contributed by atoms with Crippen LogP contribution >= 0.6 is 0 Å². The summed E-state index contributed by atoms with van der Waals surface area (Å²) in [6.07, 6.45) is 3.62. The van der Waals surface area contributed by atoms with Gasteiger partial charge >= 0.3 is 0 Å². The molecule has 0 saturated heterocycles. The van der Waals surface area contributed by atoms with Crippen LogP contribution in [0.2, 0.25) is 0 Å². The van der Waals surface area contributed by atoms with E-state index in [1.165, 1.54) is 49.5 Å². The standard InChI is InChI=1S/C44H31N3/c1-44(2)37-18-10-17-36(42(37)41-31-14-7-6-11-28(31)19-22-38(41)44)34-20-21-35(33-16-9-8-15-32(33)34)40-27-39(29-23-25-45-26-24-29)46-43(47-40)30-12-4-3-5-13-30/h3-27H,1-2H3. The van der Waals surface area contributed by atoms with Gasteiger partial charge in [0, 0.05) is 34.5 Å². The molecular formula is C44H31N3. The maximum atomic E-state index is 5.17. The number of hydrogen-bond donors (Lipinski definition) is 0. The molecule has 0 bridgehead atoms. The first-order chi connectivity index (χ1) is 23.1. The van der Waals surface area contributed by atoms with Gasteiger partial charge in [-0.3, -0.25) is 4.98 Å². The summed E-state index contributed by atoms with van der Waals surface area (Å²) < 4.78 is 0. The van der Waals surface area contributed by atoms with Crippen molar-refractivity contribution in [1.82, 2.24) is 15.0 Å². The summed E-state index contributed by atoms with van der Waals surface area (Å²) in [4.78, 5) is 14.4. The predicted octanol–water partition coefficient (Wildman–Crippen LogP) is 11.2. The smallest absolute Gasteiger partial charge is 0.160 e. The van der Waals surface area contributed by atoms with Gasteiger partial charge in [-0.25, -0.2) is 9.97 Å². The fourth-order valence-corrected chi connectivity index (χ4v) is 7.50. The van der Waals surface area contributed by atoms with Gasteiger partial charge in [0.1, 0.15) is 0 Å². The van der Waals surface area contributed by atoms with E-state index in [9.17, 15) is 0 Å². The maximum Gasteiger partial charge on any atom is 0.160 e. The minimum Gasteiger partial charge on any atom is -0.265 e. The van der Waals surface area contributed by atoms with Gasteiger partial charge in [0.2, 0.25) is 0 Å². The van der Waals surface area contributed by atoms with Gasteiger partial charge in [-0.05, 0) is 73.1 Å². The van der Waals surface area contributed by atoms with E-state index in [0.29, 0.717) is 5.82 Å². The highest BCUT2D eigenvalue weighted by molar-refractivity contribution is 6.11. The van der Waals surface area contributed by atoms with Crippen molar-refractivity contribution < 1.29 is 0 Å². The molecule has 6 aromatic carbocycles. The molecule has 3 heteroatoms. The van der Waals surface area contributed by atoms with Gasteiger partial charge in [-0.15, -0.1) is 0 Å². The van der Waals surface area contributed by atoms with Crippen molar-refractivity contribution in [2.24, 2.45) is 0 Å². The van der Waals surface area contributed by atoms with Crippen LogP contribution in [-0.2, 0) is 5.41 Å². The summed E-state index contributed by atoms with van der Waals surface area (Å²) in [6.45, 7) is 4.72. The van der Waals surface area contributed by atoms with Crippen molar-refractivity contribution in [2.75, 3.05) is 0 Å². The van der Waals surface area contributed by atoms with Crippen LogP contribution in [0.25, 0.3) is 77.7 Å². The zero-order valence-electron chi connectivity index (χ0n) is 26.3. The molecule has 0 fully saturated rings. The summed E-state index contributed by atoms with van der Waals surface area (Å²) in [5.41, 5.74) is 12.7. The summed E-state index contributed by atoms with van der Waals surface area (Å²) in [5, 5.41) is 4.95. The molecule has 0 spiro atoms. The highest BCUT2D eigenvalue weighted by Crippen LogP contribution is 2.55. The predicted molar refractivity (Wildman–Crippen MR) is 194 cm³/mol. The summed E-state index contributed by atoms with van der Waals surface area (Å²) in [7, 11) is 0. The molecular weight excluding hydrogens is 571 g/mol. The molecule has 0 radical (unpaired) electrons. The van der Waals surface area contributed by atoms with Crippen LogP contribution in [0.3, 0.4) is 0 Å². The van der Waals surface area contributed by atoms with Crippen LogP contribution in [0.15, 0.2) is 152 Å². The Balaban J connectivity index is 1.29. The summed E-state index contributed by atoms with van der Waals surface area (Å²) >= 11 is 0. The van der Waals surface area contributed by atoms with E-state index < -0.39 is 0 Å². The lowest BCUT2D eigenvalue weighted by Gasteiger charge is -2.22. The lowest BCUT2D eigenvalue weighted by atomic mass is 9.81. The molecule has 222 valence electrons. The molecule has 0 atom stereocenters. The van der Waals surface area contributed by atoms with E-state index in [1.807, 2.05) is 42.7 Å². The third-order valence-electron chi connectivity index (χ3n) is 9.81. The van der Waals surface area contributed by atoms with Gasteiger partial charge in [-0.2, -0.15) is 0 Å². The van der Waals surface area contributed by atoms with Crippen LogP contribution in [-0.4, -0.2) is 15.0 Å². The van der Waals surface area contributed by atoms with Crippen molar-refractivity contribution in [1.29, 1.82) is 0 Å². The van der Waals surface area contributed by atoms with E-state index in [2.05, 4.69) is 128 Å². The molecule has 2 aromatic heterocycles. The van der Waals surface area contributed by atoms with E-state index >= 15 is 0 Å². The largest absolute Gasteiger partial charge is 0.265 e. The average molecular weight is 602 g/mol. The molecule has 2 heterocycles. The molecule has 3 nitrogen and oxygen atoms in total. The molecule has 0 saturated carbocycles. The number of aromatic nitrogens is 3. The van der Waals surface area contributed by atoms with Gasteiger partial charge in [0.25, 0.3) is 0 Å². The van der Waals surface area contributed by atoms with Crippen molar-refractivity contribution in [2.45, 2.75) is 19.3 Å². The molecule has 1 aliphatic rings. The number of fused-ring (bicyclic) bond motifs is 6. The number of pyridine rings is 1. The van der Waals surface area contributed by atoms with Gasteiger partial charge < -0.3 is 0 Å². The van der Waals surface area contributed by atoms with Gasteiger partial charge in [0.15, 0.2) is 5.82 Å². The summed E-state index contributed by atoms with van der Waals surface area (Å²) in [5.74, 6) is 0.703. The van der Waals surface area contributed by atoms with E-state index in [-0.39, 0.29) is 5.41 Å². The molecule has 47 heavy (non-hydrogen) atoms. The minimum absolute atomic E-state index is 0.0986. The lowest BCUT2D eigenvalue weighted by Crippen LogP contribution is -2.14. The fourth-order valence-electron chi connectivity index (χ4n) is 7.50. The number of benzene rings is 6. The topological polar surface area (TPSA) is 38.7 Å². The Morgan fingerprint density at radius 1 is 0.447 bits per heavy atom. The third kappa shape index (κ3) is 4.31. The molecule has 0 aliphatic heterocycles. The molecule has 8 aromatic rings. The second kappa shape index (κ2) is 10.6. The normalized spacial score (nSPS) is 13.1. The Kier molecular flexibility index (Phi) is 6.16. The maximum absolute atomic E-state index is 5.17. The van der Waals surface area contributed by atoms with Gasteiger partial charge in [-0.1, -0.05) is 135 Å². The zero-order valence-corrected chi connectivity index (χ0v) is 26.3. The minimum atomic E-state index is -0.0986. The Morgan fingerprint density at radius 3 is 1.91 bits per heavy atom. The Hall–Kier alpha value is -5.93. The van der Waals surface area contributed by atoms with Crippen LogP contribution in [0.4, 0.5) is 0 Å². The monoisotopic (exact) mass is 601 g/mol. The SMILES string of the molecule is CC1(C)c2cccc(-c3ccc(-c4cc(-c5ccncc5)nc(-c5ccccc5)n4)c4ccccc34)c2-c2c1ccc1ccccc21. The number of nitrogens with zero attached hydrogens (tertiary/aromatic N) is 3. The zero-order chi connectivity index (χ0) is 31.5. The van der Waals surface area contributed by atoms with E-state index in [1.54, 1.807) is 0 Å². The molecule has 0 unspecified atom stereocenters. The average Bonchev–Trinajstić information content (AvgIpc) is 3.38. The first kappa shape index (κ1) is 27.4. The van der Waals surface area contributed by atoms with Crippen LogP contribution in [0.5, 0.6) is 0 Å². The second-order valence-electron chi connectivity index (χ2n) is 12.8. The molecule has 1 aliphatic carbocycles. The molecule has 0 N–H and O–H groups in total. The third-order valence-corrected chi connectivity index (χ3v) is 9.81. The quantitative estimate of drug-likeness (QED) is 0.201. The first-order valence-electron chi connectivity index (χ1n) is 16.1. The van der Waals surface area contributed by atoms with E-state index in [4.69, 9.17) is 9.97 Å². The lowest BCUT2D eigenvalue weighted by molar-refractivity contribution is 0.661. The number of hydrogen-bond acceptors (Lipinski definition) is 3. The highest BCUT2D eigenvalue weighted by Gasteiger charge is 2.38. The number of rotatable bonds is 4. The Bertz CT molecular complexity index is 2420. The summed E-state index contributed by atoms with van der Waals surface area (Å²) in [6, 6.07) is 49.8. The molecule has 9 rings (SSSR count). The second-order valence-corrected chi connectivity index (χ2v) is 12.8. The fraction of sp³-hybridized carbons (Fsp3) is 0.0682. The van der Waals surface area contributed by atoms with Crippen molar-refractivity contribution >= 4 is 21.5 Å². The first-order valence-corrected chi connectivity index (χ1v) is 16.1. The van der Waals surface area contributed by atoms with Crippen LogP contribution < -0.4 is 0 Å². The van der Waals surface area contributed by atoms with Crippen molar-refractivity contribution in [3.8, 4) is 56.2 Å². The van der Waals surface area contributed by atoms with Crippen LogP contribution in [0, 0.1) is 0 Å². The van der Waals surface area contributed by atoms with E-state index in [0.717, 1.165) is 33.5 Å². The Morgan fingerprint density at radius 2 is 1.11 bits per heavy atom. The van der Waals surface area contributed by atoms with Crippen molar-refractivity contribution in [3.63, 3.8) is 0 Å². The van der Waals surface area contributed by atoms with Crippen molar-refractivity contribution in [3.05, 3.63) is 163 Å². The van der Waals surface area contributed by atoms with Gasteiger partial charge in [0.05, 0.1) is 11.4 Å².